The summed E-state index contributed by atoms with van der Waals surface area (Å²) < 4.78 is 35.7. The fraction of sp³-hybridized carbons (Fsp3) is 0.520. The van der Waals surface area contributed by atoms with Crippen molar-refractivity contribution in [2.45, 2.75) is 65.4 Å². The standard InChI is InChI=1S/C25H35N3O5S/c1-6-28-18(4)22(25(30)33-7-2)23(19(28)5)34(31,32)27-13-11-21(12-14-27)24(29)26-16-20-10-8-9-17(3)15-20/h8-10,15,21H,6-7,11-14,16H2,1-5H3,(H,26,29). The Morgan fingerprint density at radius 2 is 1.76 bits per heavy atom. The average Bonchev–Trinajstić information content (AvgIpc) is 3.07. The summed E-state index contributed by atoms with van der Waals surface area (Å²) in [6.45, 7) is 10.7. The van der Waals surface area contributed by atoms with Gasteiger partial charge in [-0.2, -0.15) is 4.31 Å². The minimum absolute atomic E-state index is 0.0210. The van der Waals surface area contributed by atoms with Crippen molar-refractivity contribution in [3.05, 3.63) is 52.3 Å². The number of carbonyl (C=O) groups excluding carboxylic acids is 2. The Morgan fingerprint density at radius 3 is 2.35 bits per heavy atom. The van der Waals surface area contributed by atoms with Crippen LogP contribution < -0.4 is 5.32 Å². The number of nitrogens with one attached hydrogen (secondary N) is 1. The number of ether oxygens (including phenoxy) is 1. The molecule has 0 bridgehead atoms. The average molecular weight is 490 g/mol. The fourth-order valence-electron chi connectivity index (χ4n) is 4.73. The van der Waals surface area contributed by atoms with Crippen LogP contribution in [0.2, 0.25) is 0 Å². The molecule has 1 aliphatic rings. The highest BCUT2D eigenvalue weighted by molar-refractivity contribution is 7.89. The summed E-state index contributed by atoms with van der Waals surface area (Å²) in [5, 5.41) is 2.98. The van der Waals surface area contributed by atoms with Crippen LogP contribution in [0.25, 0.3) is 0 Å². The summed E-state index contributed by atoms with van der Waals surface area (Å²) in [6, 6.07) is 7.96. The van der Waals surface area contributed by atoms with E-state index in [1.807, 2.05) is 42.7 Å². The Balaban J connectivity index is 1.74. The van der Waals surface area contributed by atoms with E-state index in [9.17, 15) is 18.0 Å². The van der Waals surface area contributed by atoms with Crippen molar-refractivity contribution >= 4 is 21.9 Å². The quantitative estimate of drug-likeness (QED) is 0.574. The van der Waals surface area contributed by atoms with Crippen molar-refractivity contribution in [1.82, 2.24) is 14.2 Å². The number of aromatic nitrogens is 1. The van der Waals surface area contributed by atoms with Gasteiger partial charge in [0.1, 0.15) is 10.5 Å². The SMILES string of the molecule is CCOC(=O)c1c(S(=O)(=O)N2CCC(C(=O)NCc3cccc(C)c3)CC2)c(C)n(CC)c1C. The van der Waals surface area contributed by atoms with Crippen LogP contribution in [-0.4, -0.2) is 48.9 Å². The molecule has 8 nitrogen and oxygen atoms in total. The Bertz CT molecular complexity index is 1160. The number of nitrogens with zero attached hydrogens (tertiary/aromatic N) is 2. The number of benzene rings is 1. The van der Waals surface area contributed by atoms with Gasteiger partial charge >= 0.3 is 5.97 Å². The molecule has 1 saturated heterocycles. The molecule has 34 heavy (non-hydrogen) atoms. The van der Waals surface area contributed by atoms with Crippen molar-refractivity contribution in [1.29, 1.82) is 0 Å². The summed E-state index contributed by atoms with van der Waals surface area (Å²) in [6.07, 6.45) is 0.861. The Morgan fingerprint density at radius 1 is 1.09 bits per heavy atom. The molecule has 0 spiro atoms. The van der Waals surface area contributed by atoms with Crippen LogP contribution >= 0.6 is 0 Å². The van der Waals surface area contributed by atoms with E-state index in [0.29, 0.717) is 37.3 Å². The first kappa shape index (κ1) is 26.0. The highest BCUT2D eigenvalue weighted by Crippen LogP contribution is 2.32. The number of rotatable bonds is 8. The molecule has 1 fully saturated rings. The molecule has 186 valence electrons. The van der Waals surface area contributed by atoms with Crippen LogP contribution in [0, 0.1) is 26.7 Å². The smallest absolute Gasteiger partial charge is 0.341 e. The van der Waals surface area contributed by atoms with E-state index >= 15 is 0 Å². The third-order valence-corrected chi connectivity index (χ3v) is 8.56. The number of esters is 1. The minimum Gasteiger partial charge on any atom is -0.462 e. The predicted molar refractivity (Wildman–Crippen MR) is 130 cm³/mol. The van der Waals surface area contributed by atoms with Crippen molar-refractivity contribution in [3.8, 4) is 0 Å². The van der Waals surface area contributed by atoms with E-state index in [-0.39, 0.29) is 42.0 Å². The first-order valence-corrected chi connectivity index (χ1v) is 13.3. The number of piperidine rings is 1. The summed E-state index contributed by atoms with van der Waals surface area (Å²) in [7, 11) is -3.93. The second-order valence-corrected chi connectivity index (χ2v) is 10.6. The molecule has 9 heteroatoms. The zero-order valence-corrected chi connectivity index (χ0v) is 21.5. The van der Waals surface area contributed by atoms with Crippen LogP contribution in [-0.2, 0) is 32.6 Å². The Kier molecular flexibility index (Phi) is 8.20. The van der Waals surface area contributed by atoms with Gasteiger partial charge in [0.15, 0.2) is 0 Å². The van der Waals surface area contributed by atoms with Crippen molar-refractivity contribution < 1.29 is 22.7 Å². The molecule has 0 aliphatic carbocycles. The van der Waals surface area contributed by atoms with Gasteiger partial charge in [-0.1, -0.05) is 29.8 Å². The number of sulfonamides is 1. The van der Waals surface area contributed by atoms with E-state index in [2.05, 4.69) is 5.32 Å². The normalized spacial score (nSPS) is 15.3. The van der Waals surface area contributed by atoms with E-state index in [0.717, 1.165) is 11.1 Å². The molecule has 0 saturated carbocycles. The molecular weight excluding hydrogens is 454 g/mol. The lowest BCUT2D eigenvalue weighted by atomic mass is 9.97. The Hall–Kier alpha value is -2.65. The van der Waals surface area contributed by atoms with Crippen LogP contribution in [0.1, 0.15) is 59.6 Å². The summed E-state index contributed by atoms with van der Waals surface area (Å²) >= 11 is 0. The lowest BCUT2D eigenvalue weighted by Gasteiger charge is -2.30. The predicted octanol–water partition coefficient (Wildman–Crippen LogP) is 3.33. The molecule has 1 aliphatic heterocycles. The molecule has 3 rings (SSSR count). The molecule has 2 aromatic rings. The maximum absolute atomic E-state index is 13.6. The minimum atomic E-state index is -3.93. The number of hydrogen-bond donors (Lipinski definition) is 1. The maximum Gasteiger partial charge on any atom is 0.341 e. The molecular formula is C25H35N3O5S. The number of hydrogen-bond acceptors (Lipinski definition) is 5. The molecule has 1 aromatic carbocycles. The van der Waals surface area contributed by atoms with Crippen molar-refractivity contribution in [2.75, 3.05) is 19.7 Å². The second kappa shape index (κ2) is 10.7. The first-order valence-electron chi connectivity index (χ1n) is 11.8. The van der Waals surface area contributed by atoms with Crippen LogP contribution in [0.3, 0.4) is 0 Å². The number of amides is 1. The zero-order valence-electron chi connectivity index (χ0n) is 20.7. The lowest BCUT2D eigenvalue weighted by molar-refractivity contribution is -0.126. The van der Waals surface area contributed by atoms with Crippen LogP contribution in [0.5, 0.6) is 0 Å². The lowest BCUT2D eigenvalue weighted by Crippen LogP contribution is -2.43. The zero-order chi connectivity index (χ0) is 25.0. The summed E-state index contributed by atoms with van der Waals surface area (Å²) in [5.74, 6) is -0.932. The topological polar surface area (TPSA) is 97.7 Å². The highest BCUT2D eigenvalue weighted by Gasteiger charge is 2.38. The number of carbonyl (C=O) groups is 2. The van der Waals surface area contributed by atoms with Gasteiger partial charge in [-0.05, 0) is 53.0 Å². The largest absolute Gasteiger partial charge is 0.462 e. The molecule has 2 heterocycles. The van der Waals surface area contributed by atoms with Crippen molar-refractivity contribution in [2.24, 2.45) is 5.92 Å². The van der Waals surface area contributed by atoms with Gasteiger partial charge in [0.25, 0.3) is 0 Å². The molecule has 1 aromatic heterocycles. The van der Waals surface area contributed by atoms with E-state index < -0.39 is 16.0 Å². The van der Waals surface area contributed by atoms with Gasteiger partial charge in [0.2, 0.25) is 15.9 Å². The van der Waals surface area contributed by atoms with Gasteiger partial charge in [0, 0.05) is 43.5 Å². The molecule has 0 atom stereocenters. The monoisotopic (exact) mass is 489 g/mol. The van der Waals surface area contributed by atoms with Gasteiger partial charge in [-0.3, -0.25) is 4.79 Å². The first-order chi connectivity index (χ1) is 16.1. The fourth-order valence-corrected chi connectivity index (χ4v) is 6.65. The van der Waals surface area contributed by atoms with E-state index in [1.165, 1.54) is 4.31 Å². The van der Waals surface area contributed by atoms with Crippen molar-refractivity contribution in [3.63, 3.8) is 0 Å². The molecule has 0 radical (unpaired) electrons. The van der Waals surface area contributed by atoms with Gasteiger partial charge < -0.3 is 14.6 Å². The van der Waals surface area contributed by atoms with E-state index in [4.69, 9.17) is 4.74 Å². The van der Waals surface area contributed by atoms with Crippen LogP contribution in [0.4, 0.5) is 0 Å². The van der Waals surface area contributed by atoms with Crippen LogP contribution in [0.15, 0.2) is 29.2 Å². The van der Waals surface area contributed by atoms with Gasteiger partial charge in [-0.25, -0.2) is 13.2 Å². The maximum atomic E-state index is 13.6. The third-order valence-electron chi connectivity index (χ3n) is 6.49. The summed E-state index contributed by atoms with van der Waals surface area (Å²) in [5.41, 5.74) is 3.39. The number of aryl methyl sites for hydroxylation is 1. The molecule has 1 N–H and O–H groups in total. The third kappa shape index (κ3) is 5.20. The molecule has 0 unspecified atom stereocenters. The second-order valence-electron chi connectivity index (χ2n) is 8.72. The highest BCUT2D eigenvalue weighted by atomic mass is 32.2. The molecule has 1 amide bonds. The van der Waals surface area contributed by atoms with E-state index in [1.54, 1.807) is 20.8 Å². The van der Waals surface area contributed by atoms with Gasteiger partial charge in [-0.15, -0.1) is 0 Å². The van der Waals surface area contributed by atoms with Gasteiger partial charge in [0.05, 0.1) is 6.61 Å². The summed E-state index contributed by atoms with van der Waals surface area (Å²) in [4.78, 5) is 25.4. The Labute approximate surface area is 202 Å².